The van der Waals surface area contributed by atoms with Crippen molar-refractivity contribution >= 4 is 17.2 Å². The Morgan fingerprint density at radius 3 is 1.79 bits per heavy atom. The molecule has 0 amide bonds. The van der Waals surface area contributed by atoms with Gasteiger partial charge >= 0.3 is 0 Å². The van der Waals surface area contributed by atoms with Gasteiger partial charge in [0, 0.05) is 0 Å². The van der Waals surface area contributed by atoms with Crippen molar-refractivity contribution in [3.05, 3.63) is 65.2 Å². The van der Waals surface area contributed by atoms with Gasteiger partial charge in [-0.25, -0.2) is 4.39 Å². The van der Waals surface area contributed by atoms with Crippen molar-refractivity contribution in [1.82, 2.24) is 0 Å². The van der Waals surface area contributed by atoms with E-state index in [0.717, 1.165) is 22.3 Å². The van der Waals surface area contributed by atoms with E-state index < -0.39 is 18.2 Å². The molecule has 2 aromatic rings. The third-order valence-electron chi connectivity index (χ3n) is 4.04. The number of aliphatic hydroxyl groups excluding tert-OH is 2. The van der Waals surface area contributed by atoms with Gasteiger partial charge in [0.1, 0.15) is 37.5 Å². The number of ether oxygens (including phenoxy) is 2. The second-order valence-electron chi connectivity index (χ2n) is 6.63. The molecule has 0 aliphatic rings. The molecule has 0 fully saturated rings. The smallest absolute Gasteiger partial charge is 0.119 e. The average Bonchev–Trinajstić information content (AvgIpc) is 2.71. The quantitative estimate of drug-likeness (QED) is 0.578. The summed E-state index contributed by atoms with van der Waals surface area (Å²) >= 11 is 5.85. The summed E-state index contributed by atoms with van der Waals surface area (Å²) in [6.07, 6.45) is -1.11. The summed E-state index contributed by atoms with van der Waals surface area (Å²) in [4.78, 5) is 0. The molecule has 2 N–H and O–H groups in total. The largest absolute Gasteiger partial charge is 0.492 e. The molecule has 2 unspecified atom stereocenters. The molecule has 0 saturated carbocycles. The Labute approximate surface area is 170 Å². The van der Waals surface area contributed by atoms with E-state index >= 15 is 0 Å². The van der Waals surface area contributed by atoms with Gasteiger partial charge in [0.15, 0.2) is 0 Å². The summed E-state index contributed by atoms with van der Waals surface area (Å²) in [5, 5.41) is 17.8. The molecule has 152 valence electrons. The van der Waals surface area contributed by atoms with E-state index in [1.165, 1.54) is 0 Å². The summed E-state index contributed by atoms with van der Waals surface area (Å²) in [6, 6.07) is 15.2. The lowest BCUT2D eigenvalue weighted by molar-refractivity contribution is 0.0842. The Hall–Kier alpha value is -2.08. The van der Waals surface area contributed by atoms with E-state index in [4.69, 9.17) is 26.2 Å². The lowest BCUT2D eigenvalue weighted by Gasteiger charge is -2.14. The molecule has 0 aliphatic heterocycles. The molecule has 2 aromatic carbocycles. The molecule has 0 aliphatic carbocycles. The van der Waals surface area contributed by atoms with Crippen molar-refractivity contribution in [2.45, 2.75) is 25.3 Å². The van der Waals surface area contributed by atoms with E-state index in [9.17, 15) is 9.50 Å². The van der Waals surface area contributed by atoms with Crippen LogP contribution in [-0.4, -0.2) is 48.2 Å². The van der Waals surface area contributed by atoms with Gasteiger partial charge in [-0.2, -0.15) is 0 Å². The molecule has 0 aromatic heterocycles. The van der Waals surface area contributed by atoms with Crippen LogP contribution in [0.1, 0.15) is 25.0 Å². The first-order valence-corrected chi connectivity index (χ1v) is 9.51. The Balaban J connectivity index is 2.12. The maximum absolute atomic E-state index is 12.3. The lowest BCUT2D eigenvalue weighted by Crippen LogP contribution is -2.19. The number of hydrogen-bond acceptors (Lipinski definition) is 4. The van der Waals surface area contributed by atoms with Crippen molar-refractivity contribution in [2.75, 3.05) is 26.5 Å². The van der Waals surface area contributed by atoms with Crippen molar-refractivity contribution in [1.29, 1.82) is 0 Å². The van der Waals surface area contributed by atoms with Crippen LogP contribution in [0.15, 0.2) is 54.1 Å². The van der Waals surface area contributed by atoms with Crippen LogP contribution in [-0.2, 0) is 0 Å². The number of hydrogen-bond donors (Lipinski definition) is 2. The zero-order valence-corrected chi connectivity index (χ0v) is 16.8. The normalized spacial score (nSPS) is 12.9. The Morgan fingerprint density at radius 1 is 0.929 bits per heavy atom. The Kier molecular flexibility index (Phi) is 8.77. The van der Waals surface area contributed by atoms with Gasteiger partial charge < -0.3 is 19.7 Å². The fourth-order valence-electron chi connectivity index (χ4n) is 2.66. The fraction of sp³-hybridized carbons (Fsp3) is 0.364. The molecule has 28 heavy (non-hydrogen) atoms. The summed E-state index contributed by atoms with van der Waals surface area (Å²) in [5.74, 6) is 1.26. The number of halogens is 2. The number of benzene rings is 2. The highest BCUT2D eigenvalue weighted by molar-refractivity contribution is 6.20. The highest BCUT2D eigenvalue weighted by atomic mass is 35.5. The monoisotopic (exact) mass is 408 g/mol. The van der Waals surface area contributed by atoms with Gasteiger partial charge in [-0.15, -0.1) is 11.6 Å². The average molecular weight is 409 g/mol. The van der Waals surface area contributed by atoms with Gasteiger partial charge in [-0.3, -0.25) is 0 Å². The molecule has 0 saturated heterocycles. The summed E-state index contributed by atoms with van der Waals surface area (Å²) in [7, 11) is 0. The first-order valence-electron chi connectivity index (χ1n) is 9.07. The van der Waals surface area contributed by atoms with Crippen molar-refractivity contribution in [2.24, 2.45) is 0 Å². The second kappa shape index (κ2) is 11.1. The minimum Gasteiger partial charge on any atom is -0.492 e. The van der Waals surface area contributed by atoms with Crippen LogP contribution in [0.2, 0.25) is 0 Å². The maximum atomic E-state index is 12.3. The van der Waals surface area contributed by atoms with Crippen LogP contribution < -0.4 is 9.47 Å². The van der Waals surface area contributed by atoms with Gasteiger partial charge in [0.05, 0.1) is 12.0 Å². The molecule has 4 nitrogen and oxygen atoms in total. The SMILES string of the molecule is CC(C)=C(c1ccc(OCC(O)CF)cc1)c1ccc(OCC(Cl)CO)cc1. The molecule has 0 bridgehead atoms. The zero-order valence-electron chi connectivity index (χ0n) is 16.1. The van der Waals surface area contributed by atoms with Crippen LogP contribution in [0, 0.1) is 0 Å². The van der Waals surface area contributed by atoms with Gasteiger partial charge in [-0.1, -0.05) is 29.8 Å². The number of allylic oxidation sites excluding steroid dienone is 1. The van der Waals surface area contributed by atoms with Crippen LogP contribution in [0.3, 0.4) is 0 Å². The minimum atomic E-state index is -1.11. The minimum absolute atomic E-state index is 0.0771. The first kappa shape index (κ1) is 22.2. The first-order chi connectivity index (χ1) is 13.4. The third kappa shape index (κ3) is 6.51. The van der Waals surface area contributed by atoms with Crippen LogP contribution in [0.25, 0.3) is 5.57 Å². The van der Waals surface area contributed by atoms with Crippen LogP contribution in [0.4, 0.5) is 4.39 Å². The molecule has 0 spiro atoms. The second-order valence-corrected chi connectivity index (χ2v) is 7.25. The van der Waals surface area contributed by atoms with Crippen molar-refractivity contribution in [3.63, 3.8) is 0 Å². The van der Waals surface area contributed by atoms with Gasteiger partial charge in [0.2, 0.25) is 0 Å². The third-order valence-corrected chi connectivity index (χ3v) is 4.30. The summed E-state index contributed by atoms with van der Waals surface area (Å²) in [5.41, 5.74) is 4.30. The highest BCUT2D eigenvalue weighted by Crippen LogP contribution is 2.29. The van der Waals surface area contributed by atoms with Gasteiger partial charge in [0.25, 0.3) is 0 Å². The number of rotatable bonds is 10. The van der Waals surface area contributed by atoms with Crippen molar-refractivity contribution in [3.8, 4) is 11.5 Å². The van der Waals surface area contributed by atoms with Crippen LogP contribution >= 0.6 is 11.6 Å². The lowest BCUT2D eigenvalue weighted by atomic mass is 9.94. The zero-order chi connectivity index (χ0) is 20.5. The molecule has 2 atom stereocenters. The Morgan fingerprint density at radius 2 is 1.39 bits per heavy atom. The summed E-state index contributed by atoms with van der Waals surface area (Å²) in [6.45, 7) is 3.29. The highest BCUT2D eigenvalue weighted by Gasteiger charge is 2.10. The van der Waals surface area contributed by atoms with E-state index in [0.29, 0.717) is 11.5 Å². The standard InChI is InChI=1S/C22H26ClFO4/c1-15(2)22(16-3-7-20(8-4-16)27-13-18(23)12-25)17-5-9-21(10-6-17)28-14-19(26)11-24/h3-10,18-19,25-26H,11-14H2,1-2H3. The predicted octanol–water partition coefficient (Wildman–Crippen LogP) is 4.22. The number of alkyl halides is 2. The number of aliphatic hydroxyl groups is 2. The van der Waals surface area contributed by atoms with E-state index in [-0.39, 0.29) is 19.8 Å². The topological polar surface area (TPSA) is 58.9 Å². The molecule has 0 heterocycles. The molecular weight excluding hydrogens is 383 g/mol. The predicted molar refractivity (Wildman–Crippen MR) is 110 cm³/mol. The van der Waals surface area contributed by atoms with Crippen molar-refractivity contribution < 1.29 is 24.1 Å². The fourth-order valence-corrected chi connectivity index (χ4v) is 2.72. The van der Waals surface area contributed by atoms with E-state index in [1.807, 2.05) is 50.2 Å². The molecule has 0 radical (unpaired) electrons. The molecule has 2 rings (SSSR count). The molecule has 6 heteroatoms. The van der Waals surface area contributed by atoms with Crippen LogP contribution in [0.5, 0.6) is 11.5 Å². The Bertz CT molecular complexity index is 696. The van der Waals surface area contributed by atoms with E-state index in [1.54, 1.807) is 12.1 Å². The van der Waals surface area contributed by atoms with Gasteiger partial charge in [-0.05, 0) is 54.8 Å². The van der Waals surface area contributed by atoms with E-state index in [2.05, 4.69) is 0 Å². The summed E-state index contributed by atoms with van der Waals surface area (Å²) < 4.78 is 23.2. The maximum Gasteiger partial charge on any atom is 0.119 e. The molecular formula is C22H26ClFO4.